The topological polar surface area (TPSA) is 9.86 Å². The summed E-state index contributed by atoms with van der Waals surface area (Å²) < 4.78 is 5.84. The normalized spacial score (nSPS) is 25.2. The quantitative estimate of drug-likeness (QED) is 0.228. The highest BCUT2D eigenvalue weighted by molar-refractivity contribution is 6.81. The van der Waals surface area contributed by atoms with Gasteiger partial charge in [-0.15, -0.1) is 12.1 Å². The minimum absolute atomic E-state index is 0.804. The molecule has 161 valence electrons. The van der Waals surface area contributed by atoms with Gasteiger partial charge < -0.3 is 8.47 Å². The molecule has 0 saturated heterocycles. The maximum Gasteiger partial charge on any atom is 0.0688 e. The summed E-state index contributed by atoms with van der Waals surface area (Å²) in [5, 5.41) is 8.62. The molecular weight excluding hydrogens is 416 g/mol. The Morgan fingerprint density at radius 2 is 1.27 bits per heavy atom. The van der Waals surface area contributed by atoms with Crippen LogP contribution in [-0.2, 0) is 0 Å². The lowest BCUT2D eigenvalue weighted by Crippen LogP contribution is -2.54. The van der Waals surface area contributed by atoms with Gasteiger partial charge in [0, 0.05) is 49.0 Å². The van der Waals surface area contributed by atoms with Gasteiger partial charge in [0.15, 0.2) is 0 Å². The molecule has 0 amide bonds. The summed E-state index contributed by atoms with van der Waals surface area (Å²) in [6, 6.07) is 28.0. The Morgan fingerprint density at radius 3 is 1.82 bits per heavy atom. The Kier molecular flexibility index (Phi) is 2.92. The fourth-order valence-corrected chi connectivity index (χ4v) is 14.2. The van der Waals surface area contributed by atoms with Crippen LogP contribution in [0.25, 0.3) is 54.4 Å². The van der Waals surface area contributed by atoms with E-state index in [0.717, 1.165) is 17.4 Å². The minimum atomic E-state index is -2.17. The zero-order valence-corrected chi connectivity index (χ0v) is 19.9. The van der Waals surface area contributed by atoms with Crippen molar-refractivity contribution >= 4 is 62.8 Å². The number of rotatable bonds is 1. The zero-order chi connectivity index (χ0) is 21.5. The first kappa shape index (κ1) is 17.4. The third-order valence-electron chi connectivity index (χ3n) is 9.80. The van der Waals surface area contributed by atoms with Gasteiger partial charge in [0.1, 0.15) is 0 Å². The van der Waals surface area contributed by atoms with Gasteiger partial charge in [0.2, 0.25) is 0 Å². The average Bonchev–Trinajstić information content (AvgIpc) is 3.63. The van der Waals surface area contributed by atoms with Gasteiger partial charge in [-0.05, 0) is 23.4 Å². The fraction of sp³-hybridized carbons (Fsp3) is 0.267. The second-order valence-electron chi connectivity index (χ2n) is 11.1. The van der Waals surface area contributed by atoms with Gasteiger partial charge in [0.25, 0.3) is 0 Å². The molecule has 0 spiro atoms. The van der Waals surface area contributed by atoms with Crippen LogP contribution in [0.5, 0.6) is 0 Å². The Bertz CT molecular complexity index is 1710. The van der Waals surface area contributed by atoms with Crippen molar-refractivity contribution in [3.05, 3.63) is 72.8 Å². The van der Waals surface area contributed by atoms with E-state index in [-0.39, 0.29) is 0 Å². The highest BCUT2D eigenvalue weighted by atomic mass is 28.3. The summed E-state index contributed by atoms with van der Waals surface area (Å²) in [5.41, 5.74) is 6.76. The molecule has 33 heavy (non-hydrogen) atoms. The molecule has 0 radical (unpaired) electrons. The van der Waals surface area contributed by atoms with E-state index in [9.17, 15) is 0 Å². The predicted octanol–water partition coefficient (Wildman–Crippen LogP) is 8.03. The Labute approximate surface area is 193 Å². The van der Waals surface area contributed by atoms with Gasteiger partial charge in [0.05, 0.1) is 8.40 Å². The van der Waals surface area contributed by atoms with Crippen LogP contribution in [0, 0.1) is 11.8 Å². The first-order valence-electron chi connectivity index (χ1n) is 12.6. The van der Waals surface area contributed by atoms with Crippen molar-refractivity contribution in [2.75, 3.05) is 0 Å². The molecule has 2 fully saturated rings. The molecule has 2 saturated carbocycles. The lowest BCUT2D eigenvalue weighted by Gasteiger charge is -2.55. The highest BCUT2D eigenvalue weighted by Crippen LogP contribution is 2.59. The molecule has 1 aliphatic heterocycles. The van der Waals surface area contributed by atoms with E-state index in [1.165, 1.54) is 80.1 Å². The lowest BCUT2D eigenvalue weighted by atomic mass is 10.0. The van der Waals surface area contributed by atoms with Crippen LogP contribution in [0.3, 0.4) is 0 Å². The van der Waals surface area contributed by atoms with E-state index in [0.29, 0.717) is 0 Å². The summed E-state index contributed by atoms with van der Waals surface area (Å²) in [6.07, 6.45) is 5.78. The molecule has 2 aliphatic carbocycles. The van der Waals surface area contributed by atoms with E-state index in [2.05, 4.69) is 87.8 Å². The van der Waals surface area contributed by atoms with E-state index in [4.69, 9.17) is 0 Å². The van der Waals surface area contributed by atoms with Gasteiger partial charge in [-0.25, -0.2) is 0 Å². The Morgan fingerprint density at radius 1 is 0.667 bits per heavy atom. The molecular formula is C30H26N2Si-. The van der Waals surface area contributed by atoms with E-state index in [1.54, 1.807) is 0 Å². The van der Waals surface area contributed by atoms with Crippen molar-refractivity contribution in [3.8, 4) is 0 Å². The van der Waals surface area contributed by atoms with Gasteiger partial charge in [-0.1, -0.05) is 92.3 Å². The maximum atomic E-state index is 2.92. The Hall–Kier alpha value is -3.04. The van der Waals surface area contributed by atoms with Crippen molar-refractivity contribution in [2.24, 2.45) is 11.8 Å². The molecule has 0 N–H and O–H groups in total. The second-order valence-corrected chi connectivity index (χ2v) is 14.9. The van der Waals surface area contributed by atoms with Crippen LogP contribution in [0.2, 0.25) is 12.1 Å². The van der Waals surface area contributed by atoms with Gasteiger partial charge >= 0.3 is 0 Å². The summed E-state index contributed by atoms with van der Waals surface area (Å²) in [4.78, 5) is 0. The second kappa shape index (κ2) is 5.53. The summed E-state index contributed by atoms with van der Waals surface area (Å²) in [6.45, 7) is 2.71. The predicted molar refractivity (Wildman–Crippen MR) is 142 cm³/mol. The van der Waals surface area contributed by atoms with Crippen LogP contribution >= 0.6 is 0 Å². The summed E-state index contributed by atoms with van der Waals surface area (Å²) >= 11 is 0. The summed E-state index contributed by atoms with van der Waals surface area (Å²) in [7, 11) is -2.17. The molecule has 2 nitrogen and oxygen atoms in total. The largest absolute Gasteiger partial charge is 0.476 e. The highest BCUT2D eigenvalue weighted by Gasteiger charge is 2.47. The van der Waals surface area contributed by atoms with E-state index >= 15 is 0 Å². The Balaban J connectivity index is 1.60. The van der Waals surface area contributed by atoms with Crippen LogP contribution < -0.4 is 0 Å². The molecule has 2 bridgehead atoms. The molecule has 4 aromatic carbocycles. The number of fused-ring (bicyclic) bond motifs is 8. The standard InChI is InChI=1S/C30H26N2Si/c1-33(27-17-18-10-11-20(27)16-18)31-25-8-4-2-6-21(25)23-14-12-19-13-15-24-22-7-3-5-9-26(22)32(33)30(24)28(19)29(23)31/h2-9,12-15,18,20,27H,10-11,16-17H2,1H3/q-1. The van der Waals surface area contributed by atoms with Crippen molar-refractivity contribution in [1.82, 2.24) is 8.47 Å². The molecule has 2 aromatic heterocycles. The first-order valence-corrected chi connectivity index (χ1v) is 15.1. The molecule has 3 heterocycles. The number of hydrogen-bond acceptors (Lipinski definition) is 0. The average molecular weight is 443 g/mol. The molecule has 3 atom stereocenters. The smallest absolute Gasteiger partial charge is 0.0688 e. The van der Waals surface area contributed by atoms with Crippen LogP contribution in [0.4, 0.5) is 0 Å². The van der Waals surface area contributed by atoms with Crippen molar-refractivity contribution in [3.63, 3.8) is 0 Å². The molecule has 6 aromatic rings. The molecule has 9 rings (SSSR count). The monoisotopic (exact) mass is 442 g/mol. The van der Waals surface area contributed by atoms with Gasteiger partial charge in [-0.3, -0.25) is 0 Å². The third kappa shape index (κ3) is 1.81. The van der Waals surface area contributed by atoms with Crippen molar-refractivity contribution in [1.29, 1.82) is 0 Å². The number of benzene rings is 4. The number of aromatic nitrogens is 2. The number of hydrogen-bond donors (Lipinski definition) is 0. The van der Waals surface area contributed by atoms with Crippen molar-refractivity contribution in [2.45, 2.75) is 37.8 Å². The minimum Gasteiger partial charge on any atom is -0.476 e. The van der Waals surface area contributed by atoms with Crippen molar-refractivity contribution < 1.29 is 0 Å². The van der Waals surface area contributed by atoms with Crippen LogP contribution in [-0.4, -0.2) is 16.9 Å². The number of para-hydroxylation sites is 2. The molecule has 3 unspecified atom stereocenters. The molecule has 3 aliphatic rings. The fourth-order valence-electron chi connectivity index (χ4n) is 8.60. The molecule has 3 heteroatoms. The maximum absolute atomic E-state index is 2.92. The van der Waals surface area contributed by atoms with E-state index in [1.807, 2.05) is 0 Å². The third-order valence-corrected chi connectivity index (χ3v) is 14.6. The van der Waals surface area contributed by atoms with Crippen LogP contribution in [0.15, 0.2) is 72.8 Å². The van der Waals surface area contributed by atoms with Crippen LogP contribution in [0.1, 0.15) is 25.7 Å². The SMILES string of the molecule is C[Si-]1(C2CC3CCC2C3)n2c3ccccc3c3ccc4ccc5c6ccccc6n1c5c4c32. The number of nitrogens with zero attached hydrogens (tertiary/aromatic N) is 2. The van der Waals surface area contributed by atoms with Gasteiger partial charge in [-0.2, -0.15) is 0 Å². The first-order chi connectivity index (χ1) is 16.2. The lowest BCUT2D eigenvalue weighted by molar-refractivity contribution is 0.462. The zero-order valence-electron chi connectivity index (χ0n) is 18.9. The summed E-state index contributed by atoms with van der Waals surface area (Å²) in [5.74, 6) is 1.84. The van der Waals surface area contributed by atoms with E-state index < -0.39 is 8.40 Å².